The standard InChI is InChI=1S/C7H11N5O/c1-5-3-10-12(2)6(5)4-9-11-7(8)13/h3-4H,1-2H3,(H3,8,11,13)/b9-4+. The molecule has 0 bridgehead atoms. The molecule has 1 rings (SSSR count). The zero-order valence-corrected chi connectivity index (χ0v) is 7.48. The zero-order chi connectivity index (χ0) is 9.84. The van der Waals surface area contributed by atoms with Gasteiger partial charge in [0.05, 0.1) is 18.1 Å². The van der Waals surface area contributed by atoms with Crippen LogP contribution in [0.15, 0.2) is 11.3 Å². The summed E-state index contributed by atoms with van der Waals surface area (Å²) >= 11 is 0. The molecule has 0 unspecified atom stereocenters. The highest BCUT2D eigenvalue weighted by atomic mass is 16.2. The molecular weight excluding hydrogens is 170 g/mol. The molecule has 1 heterocycles. The van der Waals surface area contributed by atoms with Crippen molar-refractivity contribution in [3.8, 4) is 0 Å². The van der Waals surface area contributed by atoms with E-state index in [2.05, 4.69) is 15.6 Å². The Balaban J connectivity index is 2.73. The average molecular weight is 181 g/mol. The molecule has 0 aromatic carbocycles. The second kappa shape index (κ2) is 3.70. The first kappa shape index (κ1) is 9.24. The molecule has 3 N–H and O–H groups in total. The Kier molecular flexibility index (Phi) is 2.63. The average Bonchev–Trinajstić information content (AvgIpc) is 2.34. The SMILES string of the molecule is Cc1cnn(C)c1/C=N/NC(N)=O. The van der Waals surface area contributed by atoms with E-state index in [0.29, 0.717) is 0 Å². The van der Waals surface area contributed by atoms with Gasteiger partial charge in [-0.25, -0.2) is 10.2 Å². The molecule has 0 radical (unpaired) electrons. The number of nitrogens with one attached hydrogen (secondary N) is 1. The number of nitrogens with two attached hydrogens (primary N) is 1. The van der Waals surface area contributed by atoms with Gasteiger partial charge < -0.3 is 5.73 Å². The Bertz CT molecular complexity index is 321. The monoisotopic (exact) mass is 181 g/mol. The van der Waals surface area contributed by atoms with Gasteiger partial charge in [0.2, 0.25) is 0 Å². The molecule has 6 heteroatoms. The third-order valence-corrected chi connectivity index (χ3v) is 1.54. The van der Waals surface area contributed by atoms with Gasteiger partial charge in [-0.15, -0.1) is 0 Å². The summed E-state index contributed by atoms with van der Waals surface area (Å²) in [6.07, 6.45) is 3.21. The molecule has 1 aromatic heterocycles. The number of aromatic nitrogens is 2. The van der Waals surface area contributed by atoms with Gasteiger partial charge in [-0.05, 0) is 12.5 Å². The number of hydrogen-bond donors (Lipinski definition) is 2. The first-order chi connectivity index (χ1) is 6.11. The maximum atomic E-state index is 10.3. The third kappa shape index (κ3) is 2.29. The molecule has 13 heavy (non-hydrogen) atoms. The number of aryl methyl sites for hydroxylation is 2. The van der Waals surface area contributed by atoms with E-state index in [-0.39, 0.29) is 0 Å². The van der Waals surface area contributed by atoms with Gasteiger partial charge >= 0.3 is 6.03 Å². The molecule has 1 aromatic rings. The van der Waals surface area contributed by atoms with Crippen LogP contribution in [0.5, 0.6) is 0 Å². The summed E-state index contributed by atoms with van der Waals surface area (Å²) in [7, 11) is 1.79. The van der Waals surface area contributed by atoms with Gasteiger partial charge in [0.1, 0.15) is 0 Å². The number of nitrogens with zero attached hydrogens (tertiary/aromatic N) is 3. The Morgan fingerprint density at radius 2 is 2.54 bits per heavy atom. The van der Waals surface area contributed by atoms with Crippen molar-refractivity contribution >= 4 is 12.2 Å². The Morgan fingerprint density at radius 3 is 3.00 bits per heavy atom. The van der Waals surface area contributed by atoms with Crippen LogP contribution in [-0.4, -0.2) is 22.0 Å². The molecule has 2 amide bonds. The lowest BCUT2D eigenvalue weighted by Crippen LogP contribution is -2.24. The van der Waals surface area contributed by atoms with Gasteiger partial charge in [-0.1, -0.05) is 0 Å². The van der Waals surface area contributed by atoms with Crippen LogP contribution in [0.3, 0.4) is 0 Å². The van der Waals surface area contributed by atoms with Crippen LogP contribution in [0, 0.1) is 6.92 Å². The Hall–Kier alpha value is -1.85. The van der Waals surface area contributed by atoms with Crippen LogP contribution < -0.4 is 11.2 Å². The molecule has 6 nitrogen and oxygen atoms in total. The first-order valence-corrected chi connectivity index (χ1v) is 3.68. The molecule has 70 valence electrons. The Labute approximate surface area is 75.4 Å². The van der Waals surface area contributed by atoms with E-state index in [1.807, 2.05) is 6.92 Å². The summed E-state index contributed by atoms with van der Waals surface area (Å²) < 4.78 is 1.65. The van der Waals surface area contributed by atoms with Crippen molar-refractivity contribution in [1.29, 1.82) is 0 Å². The van der Waals surface area contributed by atoms with E-state index >= 15 is 0 Å². The van der Waals surface area contributed by atoms with Gasteiger partial charge in [-0.3, -0.25) is 4.68 Å². The van der Waals surface area contributed by atoms with Crippen molar-refractivity contribution in [2.45, 2.75) is 6.92 Å². The molecule has 0 aliphatic heterocycles. The van der Waals surface area contributed by atoms with E-state index in [1.54, 1.807) is 17.9 Å². The molecule has 0 fully saturated rings. The van der Waals surface area contributed by atoms with Crippen molar-refractivity contribution in [2.75, 3.05) is 0 Å². The third-order valence-electron chi connectivity index (χ3n) is 1.54. The number of carbonyl (C=O) groups excluding carboxylic acids is 1. The van der Waals surface area contributed by atoms with Gasteiger partial charge in [0.25, 0.3) is 0 Å². The summed E-state index contributed by atoms with van der Waals surface area (Å²) in [5, 5.41) is 7.62. The van der Waals surface area contributed by atoms with Gasteiger partial charge in [-0.2, -0.15) is 10.2 Å². The topological polar surface area (TPSA) is 85.3 Å². The summed E-state index contributed by atoms with van der Waals surface area (Å²) in [5.74, 6) is 0. The fraction of sp³-hybridized carbons (Fsp3) is 0.286. The van der Waals surface area contributed by atoms with Crippen LogP contribution in [0.25, 0.3) is 0 Å². The number of amides is 2. The van der Waals surface area contributed by atoms with Crippen LogP contribution in [-0.2, 0) is 7.05 Å². The van der Waals surface area contributed by atoms with Crippen LogP contribution >= 0.6 is 0 Å². The van der Waals surface area contributed by atoms with E-state index < -0.39 is 6.03 Å². The summed E-state index contributed by atoms with van der Waals surface area (Å²) in [4.78, 5) is 10.3. The lowest BCUT2D eigenvalue weighted by molar-refractivity contribution is 0.249. The number of hydrogen-bond acceptors (Lipinski definition) is 3. The lowest BCUT2D eigenvalue weighted by Gasteiger charge is -1.95. The van der Waals surface area contributed by atoms with Crippen LogP contribution in [0.4, 0.5) is 4.79 Å². The maximum Gasteiger partial charge on any atom is 0.332 e. The van der Waals surface area contributed by atoms with Crippen LogP contribution in [0.1, 0.15) is 11.3 Å². The van der Waals surface area contributed by atoms with Crippen molar-refractivity contribution < 1.29 is 4.79 Å². The lowest BCUT2D eigenvalue weighted by atomic mass is 10.3. The molecular formula is C7H11N5O. The summed E-state index contributed by atoms with van der Waals surface area (Å²) in [6, 6.07) is -0.684. The van der Waals surface area contributed by atoms with E-state index in [0.717, 1.165) is 11.3 Å². The molecule has 0 aliphatic carbocycles. The number of hydrazone groups is 1. The summed E-state index contributed by atoms with van der Waals surface area (Å²) in [5.41, 5.74) is 8.74. The van der Waals surface area contributed by atoms with Crippen molar-refractivity contribution in [3.05, 3.63) is 17.5 Å². The quantitative estimate of drug-likeness (QED) is 0.486. The molecule has 0 atom stereocenters. The second-order valence-corrected chi connectivity index (χ2v) is 2.57. The maximum absolute atomic E-state index is 10.3. The van der Waals surface area contributed by atoms with E-state index in [1.165, 1.54) is 6.21 Å². The van der Waals surface area contributed by atoms with Crippen molar-refractivity contribution in [1.82, 2.24) is 15.2 Å². The second-order valence-electron chi connectivity index (χ2n) is 2.57. The number of rotatable bonds is 2. The predicted molar refractivity (Wildman–Crippen MR) is 48.3 cm³/mol. The summed E-state index contributed by atoms with van der Waals surface area (Å²) in [6.45, 7) is 1.90. The number of primary amides is 1. The minimum atomic E-state index is -0.684. The van der Waals surface area contributed by atoms with Crippen LogP contribution in [0.2, 0.25) is 0 Å². The number of urea groups is 1. The molecule has 0 saturated heterocycles. The molecule has 0 spiro atoms. The van der Waals surface area contributed by atoms with Crippen molar-refractivity contribution in [2.24, 2.45) is 17.9 Å². The van der Waals surface area contributed by atoms with E-state index in [9.17, 15) is 4.79 Å². The fourth-order valence-corrected chi connectivity index (χ4v) is 0.899. The number of carbonyl (C=O) groups is 1. The highest BCUT2D eigenvalue weighted by Gasteiger charge is 1.99. The minimum absolute atomic E-state index is 0.684. The predicted octanol–water partition coefficient (Wildman–Crippen LogP) is -0.269. The first-order valence-electron chi connectivity index (χ1n) is 3.68. The molecule has 0 aliphatic rings. The smallest absolute Gasteiger partial charge is 0.332 e. The van der Waals surface area contributed by atoms with Gasteiger partial charge in [0, 0.05) is 7.05 Å². The molecule has 0 saturated carbocycles. The Morgan fingerprint density at radius 1 is 1.85 bits per heavy atom. The highest BCUT2D eigenvalue weighted by molar-refractivity contribution is 5.81. The zero-order valence-electron chi connectivity index (χ0n) is 7.48. The van der Waals surface area contributed by atoms with Crippen molar-refractivity contribution in [3.63, 3.8) is 0 Å². The largest absolute Gasteiger partial charge is 0.350 e. The van der Waals surface area contributed by atoms with Gasteiger partial charge in [0.15, 0.2) is 0 Å². The normalized spacial score (nSPS) is 10.6. The fourth-order valence-electron chi connectivity index (χ4n) is 0.899. The van der Waals surface area contributed by atoms with E-state index in [4.69, 9.17) is 5.73 Å². The minimum Gasteiger partial charge on any atom is -0.350 e. The highest BCUT2D eigenvalue weighted by Crippen LogP contribution is 2.00.